The van der Waals surface area contributed by atoms with Crippen molar-refractivity contribution in [3.8, 4) is 21.8 Å². The van der Waals surface area contributed by atoms with Crippen LogP contribution in [-0.2, 0) is 4.74 Å². The van der Waals surface area contributed by atoms with Gasteiger partial charge in [0, 0.05) is 10.4 Å². The lowest BCUT2D eigenvalue weighted by Gasteiger charge is -2.24. The molecule has 0 radical (unpaired) electrons. The summed E-state index contributed by atoms with van der Waals surface area (Å²) in [6.45, 7) is 6.95. The molecule has 3 saturated heterocycles. The number of thiophene rings is 1. The molecule has 8 heteroatoms. The Balaban J connectivity index is 1.02. The summed E-state index contributed by atoms with van der Waals surface area (Å²) in [6.07, 6.45) is 20.9. The van der Waals surface area contributed by atoms with Crippen molar-refractivity contribution in [1.82, 2.24) is 30.6 Å². The fourth-order valence-corrected chi connectivity index (χ4v) is 10.6. The van der Waals surface area contributed by atoms with E-state index < -0.39 is 0 Å². The molecule has 6 atom stereocenters. The molecule has 10 rings (SSSR count). The van der Waals surface area contributed by atoms with E-state index in [0.717, 1.165) is 68.2 Å². The molecule has 7 heterocycles. The summed E-state index contributed by atoms with van der Waals surface area (Å²) >= 11 is 1.89. The van der Waals surface area contributed by atoms with E-state index in [1.165, 1.54) is 80.8 Å². The van der Waals surface area contributed by atoms with E-state index in [9.17, 15) is 0 Å². The van der Waals surface area contributed by atoms with Gasteiger partial charge in [0.25, 0.3) is 0 Å². The third-order valence-electron chi connectivity index (χ3n) is 12.0. The van der Waals surface area contributed by atoms with Gasteiger partial charge in [0.15, 0.2) is 0 Å². The molecule has 2 aliphatic carbocycles. The van der Waals surface area contributed by atoms with E-state index in [4.69, 9.17) is 21.3 Å². The molecule has 246 valence electrons. The average Bonchev–Trinajstić information content (AvgIpc) is 3.95. The highest BCUT2D eigenvalue weighted by Crippen LogP contribution is 2.57. The van der Waals surface area contributed by atoms with Crippen LogP contribution in [0.1, 0.15) is 122 Å². The molecule has 4 fully saturated rings. The number of fused-ring (bicyclic) bond motifs is 7. The van der Waals surface area contributed by atoms with Crippen molar-refractivity contribution in [2.24, 2.45) is 11.8 Å². The van der Waals surface area contributed by atoms with Crippen LogP contribution >= 0.6 is 11.3 Å². The molecule has 4 N–H and O–H groups in total. The van der Waals surface area contributed by atoms with E-state index in [2.05, 4.69) is 57.0 Å². The summed E-state index contributed by atoms with van der Waals surface area (Å²) in [6, 6.07) is 9.96. The SMILES string of the molecule is C=C1/C(c2ccc(-c3cnc([C@@H]4CCCN4)[nH]3)c3c2C2CCC3O2)=C\C=C(\c2ccc(-c3cnc([C@@H]4CCCN4)[nH]3)s2)CC2CCC1C2. The number of benzene rings is 1. The third kappa shape index (κ3) is 4.94. The minimum absolute atomic E-state index is 0.151. The molecule has 4 aromatic rings. The van der Waals surface area contributed by atoms with E-state index in [1.54, 1.807) is 0 Å². The minimum Gasteiger partial charge on any atom is -0.366 e. The van der Waals surface area contributed by atoms with Crippen molar-refractivity contribution in [3.63, 3.8) is 0 Å². The second-order valence-corrected chi connectivity index (χ2v) is 16.0. The van der Waals surface area contributed by atoms with E-state index in [0.29, 0.717) is 23.9 Å². The smallest absolute Gasteiger partial charge is 0.123 e. The maximum atomic E-state index is 6.66. The summed E-state index contributed by atoms with van der Waals surface area (Å²) in [4.78, 5) is 19.5. The number of aromatic amines is 2. The molecule has 48 heavy (non-hydrogen) atoms. The summed E-state index contributed by atoms with van der Waals surface area (Å²) in [7, 11) is 0. The number of imidazole rings is 2. The average molecular weight is 657 g/mol. The lowest BCUT2D eigenvalue weighted by atomic mass is 9.79. The predicted octanol–water partition coefficient (Wildman–Crippen LogP) is 9.13. The first-order chi connectivity index (χ1) is 23.7. The minimum atomic E-state index is 0.151. The lowest BCUT2D eigenvalue weighted by molar-refractivity contribution is 0.0717. The van der Waals surface area contributed by atoms with Gasteiger partial charge in [-0.25, -0.2) is 9.97 Å². The Labute approximate surface area is 286 Å². The number of H-pyrrole nitrogens is 2. The number of rotatable bonds is 6. The molecule has 0 spiro atoms. The maximum absolute atomic E-state index is 6.66. The van der Waals surface area contributed by atoms with Crippen molar-refractivity contribution >= 4 is 22.5 Å². The van der Waals surface area contributed by atoms with Gasteiger partial charge in [0.1, 0.15) is 11.6 Å². The van der Waals surface area contributed by atoms with Crippen molar-refractivity contribution in [2.45, 2.75) is 88.5 Å². The van der Waals surface area contributed by atoms with Crippen LogP contribution in [-0.4, -0.2) is 33.0 Å². The van der Waals surface area contributed by atoms with Crippen LogP contribution in [0, 0.1) is 11.8 Å². The summed E-state index contributed by atoms with van der Waals surface area (Å²) in [5.74, 6) is 3.35. The maximum Gasteiger partial charge on any atom is 0.123 e. The number of hydrogen-bond donors (Lipinski definition) is 4. The fraction of sp³-hybridized carbons (Fsp3) is 0.450. The Morgan fingerprint density at radius 3 is 2.17 bits per heavy atom. The zero-order valence-corrected chi connectivity index (χ0v) is 28.3. The van der Waals surface area contributed by atoms with Gasteiger partial charge in [0.2, 0.25) is 0 Å². The second kappa shape index (κ2) is 11.8. The van der Waals surface area contributed by atoms with Crippen LogP contribution in [0.2, 0.25) is 0 Å². The topological polar surface area (TPSA) is 90.7 Å². The first-order valence-electron chi connectivity index (χ1n) is 18.3. The molecule has 6 aliphatic rings. The van der Waals surface area contributed by atoms with Crippen LogP contribution in [0.15, 0.2) is 61.0 Å². The lowest BCUT2D eigenvalue weighted by Crippen LogP contribution is -2.14. The normalized spacial score (nSPS) is 31.7. The van der Waals surface area contributed by atoms with Crippen molar-refractivity contribution in [1.29, 1.82) is 0 Å². The second-order valence-electron chi connectivity index (χ2n) is 14.9. The molecule has 4 bridgehead atoms. The Kier molecular flexibility index (Phi) is 7.22. The summed E-state index contributed by atoms with van der Waals surface area (Å²) < 4.78 is 6.66. The van der Waals surface area contributed by atoms with Crippen LogP contribution < -0.4 is 10.6 Å². The molecule has 1 aromatic carbocycles. The Bertz CT molecular complexity index is 1950. The highest BCUT2D eigenvalue weighted by molar-refractivity contribution is 7.16. The highest BCUT2D eigenvalue weighted by Gasteiger charge is 2.43. The quantitative estimate of drug-likeness (QED) is 0.166. The van der Waals surface area contributed by atoms with Gasteiger partial charge in [-0.1, -0.05) is 30.9 Å². The van der Waals surface area contributed by atoms with Gasteiger partial charge in [-0.15, -0.1) is 11.3 Å². The van der Waals surface area contributed by atoms with Crippen molar-refractivity contribution in [3.05, 3.63) is 94.2 Å². The number of ether oxygens (including phenoxy) is 1. The number of aromatic nitrogens is 4. The monoisotopic (exact) mass is 656 g/mol. The number of hydrogen-bond acceptors (Lipinski definition) is 6. The summed E-state index contributed by atoms with van der Waals surface area (Å²) in [5, 5.41) is 7.16. The van der Waals surface area contributed by atoms with Gasteiger partial charge in [-0.3, -0.25) is 0 Å². The molecule has 7 nitrogen and oxygen atoms in total. The van der Waals surface area contributed by atoms with Crippen LogP contribution in [0.5, 0.6) is 0 Å². The van der Waals surface area contributed by atoms with Gasteiger partial charge in [0.05, 0.1) is 53.0 Å². The number of allylic oxidation sites excluding steroid dienone is 5. The number of nitrogens with zero attached hydrogens (tertiary/aromatic N) is 2. The van der Waals surface area contributed by atoms with E-state index >= 15 is 0 Å². The molecule has 3 aromatic heterocycles. The third-order valence-corrected chi connectivity index (χ3v) is 13.2. The van der Waals surface area contributed by atoms with Gasteiger partial charge >= 0.3 is 0 Å². The highest BCUT2D eigenvalue weighted by atomic mass is 32.1. The molecule has 4 aliphatic heterocycles. The molecule has 1 saturated carbocycles. The van der Waals surface area contributed by atoms with Crippen LogP contribution in [0.3, 0.4) is 0 Å². The van der Waals surface area contributed by atoms with E-state index in [-0.39, 0.29) is 12.2 Å². The Morgan fingerprint density at radius 1 is 0.729 bits per heavy atom. The first-order valence-corrected chi connectivity index (χ1v) is 19.1. The number of nitrogens with one attached hydrogen (secondary N) is 4. The zero-order valence-electron chi connectivity index (χ0n) is 27.5. The Hall–Kier alpha value is -3.56. The zero-order chi connectivity index (χ0) is 31.8. The fourth-order valence-electron chi connectivity index (χ4n) is 9.55. The molecule has 4 unspecified atom stereocenters. The molecular weight excluding hydrogens is 613 g/mol. The van der Waals surface area contributed by atoms with Crippen LogP contribution in [0.4, 0.5) is 0 Å². The van der Waals surface area contributed by atoms with Gasteiger partial charge in [-0.2, -0.15) is 0 Å². The van der Waals surface area contributed by atoms with Crippen molar-refractivity contribution < 1.29 is 4.74 Å². The summed E-state index contributed by atoms with van der Waals surface area (Å²) in [5.41, 5.74) is 11.6. The largest absolute Gasteiger partial charge is 0.366 e. The predicted molar refractivity (Wildman–Crippen MR) is 192 cm³/mol. The van der Waals surface area contributed by atoms with Crippen LogP contribution in [0.25, 0.3) is 33.0 Å². The standard InChI is InChI=1S/C40H44N6OS/c1-22-24-7-6-23(18-24)19-25(35-14-15-36(48-35)32-21-44-40(46-32)30-5-3-17-42-30)8-9-26(22)27-10-11-28(38-34-13-12-33(47-34)37(27)38)31-20-43-39(45-31)29-4-2-16-41-29/h8-11,14-15,20-21,23-24,29-30,33-34,41-42H,1-7,12-13,16-19H2,(H,43,45)(H,44,46)/b25-8+,26-9+/t23?,24?,29-,30-,33?,34?/m0/s1. The van der Waals surface area contributed by atoms with Crippen molar-refractivity contribution in [2.75, 3.05) is 13.1 Å². The van der Waals surface area contributed by atoms with Gasteiger partial charge < -0.3 is 25.3 Å². The van der Waals surface area contributed by atoms with Gasteiger partial charge in [-0.05, 0) is 135 Å². The molecule has 0 amide bonds. The Morgan fingerprint density at radius 2 is 1.42 bits per heavy atom. The van der Waals surface area contributed by atoms with E-state index in [1.807, 2.05) is 23.7 Å². The first kappa shape index (κ1) is 29.4. The molecular formula is C40H44N6OS.